The molecule has 2 N–H and O–H groups in total. The molecule has 0 atom stereocenters. The molecule has 0 unspecified atom stereocenters. The van der Waals surface area contributed by atoms with Crippen LogP contribution in [0.25, 0.3) is 0 Å². The van der Waals surface area contributed by atoms with E-state index in [4.69, 9.17) is 4.74 Å². The first-order valence-corrected chi connectivity index (χ1v) is 13.7. The molecule has 2 aromatic carbocycles. The molecule has 0 spiro atoms. The number of halogens is 4. The number of para-hydroxylation sites is 1. The van der Waals surface area contributed by atoms with Crippen LogP contribution >= 0.6 is 19.8 Å². The van der Waals surface area contributed by atoms with Crippen molar-refractivity contribution in [3.8, 4) is 11.5 Å². The fourth-order valence-corrected chi connectivity index (χ4v) is 8.12. The van der Waals surface area contributed by atoms with Crippen molar-refractivity contribution in [3.05, 3.63) is 75.6 Å². The number of carbonyl (C=O) groups excluding carboxylic acids is 1. The van der Waals surface area contributed by atoms with Crippen LogP contribution in [0.3, 0.4) is 0 Å². The molecule has 1 aromatic heterocycles. The fraction of sp³-hybridized carbons (Fsp3) is 0.174. The Labute approximate surface area is 195 Å². The second-order valence-corrected chi connectivity index (χ2v) is 12.6. The normalized spacial score (nSPS) is 15.2. The van der Waals surface area contributed by atoms with Crippen molar-refractivity contribution in [2.24, 2.45) is 4.99 Å². The molecule has 172 valence electrons. The van der Waals surface area contributed by atoms with Crippen molar-refractivity contribution in [1.82, 2.24) is 10.3 Å². The van der Waals surface area contributed by atoms with Crippen LogP contribution in [0.15, 0.2) is 65.8 Å². The number of pyridine rings is 1. The van der Waals surface area contributed by atoms with E-state index in [9.17, 15) is 18.0 Å². The van der Waals surface area contributed by atoms with Gasteiger partial charge in [0, 0.05) is 0 Å². The van der Waals surface area contributed by atoms with Gasteiger partial charge in [-0.2, -0.15) is 0 Å². The zero-order valence-corrected chi connectivity index (χ0v) is 19.9. The van der Waals surface area contributed by atoms with Crippen molar-refractivity contribution in [2.45, 2.75) is 13.1 Å². The Kier molecular flexibility index (Phi) is 6.54. The fourth-order valence-electron chi connectivity index (χ4n) is 3.26. The SMILES string of the molecule is CCI1C(=Nc2ccccc2C(F)(F)F)Nc2cc(Oc3ccnc(C(=O)NC)c3)ccc21. The summed E-state index contributed by atoms with van der Waals surface area (Å²) in [7, 11) is 1.52. The van der Waals surface area contributed by atoms with Crippen molar-refractivity contribution in [2.75, 3.05) is 16.8 Å². The zero-order chi connectivity index (χ0) is 23.6. The van der Waals surface area contributed by atoms with Gasteiger partial charge >= 0.3 is 196 Å². The number of hydrogen-bond donors (Lipinski definition) is 2. The molecule has 4 rings (SSSR count). The van der Waals surface area contributed by atoms with Crippen LogP contribution in [0.4, 0.5) is 24.5 Å². The van der Waals surface area contributed by atoms with Crippen LogP contribution in [0.2, 0.25) is 0 Å². The molecule has 0 radical (unpaired) electrons. The van der Waals surface area contributed by atoms with E-state index in [1.54, 1.807) is 18.2 Å². The molecule has 0 bridgehead atoms. The first-order valence-electron chi connectivity index (χ1n) is 9.98. The summed E-state index contributed by atoms with van der Waals surface area (Å²) in [6.45, 7) is 2.02. The van der Waals surface area contributed by atoms with E-state index in [0.717, 1.165) is 19.8 Å². The van der Waals surface area contributed by atoms with E-state index in [-0.39, 0.29) is 17.3 Å². The molecule has 3 aromatic rings. The molecule has 33 heavy (non-hydrogen) atoms. The molecule has 0 aliphatic carbocycles. The number of fused-ring (bicyclic) bond motifs is 1. The average molecular weight is 568 g/mol. The summed E-state index contributed by atoms with van der Waals surface area (Å²) in [5.41, 5.74) is 0.164. The van der Waals surface area contributed by atoms with E-state index in [2.05, 4.69) is 20.6 Å². The predicted molar refractivity (Wildman–Crippen MR) is 130 cm³/mol. The van der Waals surface area contributed by atoms with Crippen LogP contribution in [-0.4, -0.2) is 26.2 Å². The number of alkyl halides is 4. The number of aliphatic imine (C=N–C) groups is 1. The van der Waals surface area contributed by atoms with Gasteiger partial charge in [-0.05, 0) is 0 Å². The summed E-state index contributed by atoms with van der Waals surface area (Å²) < 4.78 is 48.6. The Bertz CT molecular complexity index is 1230. The first-order chi connectivity index (χ1) is 15.8. The maximum atomic E-state index is 13.4. The predicted octanol–water partition coefficient (Wildman–Crippen LogP) is 6.06. The number of ether oxygens (including phenoxy) is 1. The molecule has 1 amide bonds. The van der Waals surface area contributed by atoms with Crippen molar-refractivity contribution in [1.29, 1.82) is 0 Å². The molecule has 1 aliphatic heterocycles. The molecule has 10 heteroatoms. The van der Waals surface area contributed by atoms with Crippen LogP contribution in [0.5, 0.6) is 11.5 Å². The summed E-state index contributed by atoms with van der Waals surface area (Å²) in [4.78, 5) is 20.2. The minimum atomic E-state index is -4.48. The number of amidine groups is 1. The van der Waals surface area contributed by atoms with Gasteiger partial charge in [-0.15, -0.1) is 0 Å². The monoisotopic (exact) mass is 568 g/mol. The summed E-state index contributed by atoms with van der Waals surface area (Å²) in [5.74, 6) is 0.646. The second kappa shape index (κ2) is 9.38. The van der Waals surface area contributed by atoms with Crippen molar-refractivity contribution >= 4 is 40.9 Å². The maximum absolute atomic E-state index is 13.4. The molecular formula is C23H20F3IN4O2. The summed E-state index contributed by atoms with van der Waals surface area (Å²) in [5, 5.41) is 5.73. The summed E-state index contributed by atoms with van der Waals surface area (Å²) in [6.07, 6.45) is -2.99. The number of rotatable bonds is 5. The number of hydrogen-bond acceptors (Lipinski definition) is 4. The molecule has 1 aliphatic rings. The molecule has 2 heterocycles. The Morgan fingerprint density at radius 1 is 1.15 bits per heavy atom. The third-order valence-corrected chi connectivity index (χ3v) is 10.4. The van der Waals surface area contributed by atoms with Crippen LogP contribution in [0.1, 0.15) is 23.0 Å². The zero-order valence-electron chi connectivity index (χ0n) is 17.7. The van der Waals surface area contributed by atoms with Gasteiger partial charge in [-0.25, -0.2) is 0 Å². The Balaban J connectivity index is 1.62. The average Bonchev–Trinajstić information content (AvgIpc) is 3.14. The third-order valence-electron chi connectivity index (χ3n) is 4.76. The van der Waals surface area contributed by atoms with Gasteiger partial charge in [0.25, 0.3) is 0 Å². The Morgan fingerprint density at radius 2 is 1.91 bits per heavy atom. The van der Waals surface area contributed by atoms with Crippen LogP contribution in [-0.2, 0) is 6.18 Å². The third kappa shape index (κ3) is 4.95. The Hall–Kier alpha value is -3.15. The first kappa shape index (κ1) is 23.0. The number of nitrogens with zero attached hydrogens (tertiary/aromatic N) is 2. The quantitative estimate of drug-likeness (QED) is 0.223. The van der Waals surface area contributed by atoms with Crippen LogP contribution < -0.4 is 15.4 Å². The van der Waals surface area contributed by atoms with Crippen molar-refractivity contribution in [3.63, 3.8) is 0 Å². The molecule has 0 fully saturated rings. The van der Waals surface area contributed by atoms with Gasteiger partial charge in [0.2, 0.25) is 0 Å². The van der Waals surface area contributed by atoms with Gasteiger partial charge in [-0.3, -0.25) is 0 Å². The summed E-state index contributed by atoms with van der Waals surface area (Å²) in [6, 6.07) is 14.1. The van der Waals surface area contributed by atoms with Gasteiger partial charge in [0.05, 0.1) is 0 Å². The van der Waals surface area contributed by atoms with E-state index in [0.29, 0.717) is 15.3 Å². The molecular weight excluding hydrogens is 548 g/mol. The molecule has 0 saturated carbocycles. The number of aromatic nitrogens is 1. The van der Waals surface area contributed by atoms with E-state index >= 15 is 0 Å². The molecule has 0 saturated heterocycles. The second-order valence-electron chi connectivity index (χ2n) is 6.87. The molecule has 6 nitrogen and oxygen atoms in total. The topological polar surface area (TPSA) is 75.6 Å². The van der Waals surface area contributed by atoms with Gasteiger partial charge in [0.15, 0.2) is 0 Å². The van der Waals surface area contributed by atoms with E-state index < -0.39 is 31.6 Å². The van der Waals surface area contributed by atoms with Crippen molar-refractivity contribution < 1.29 is 22.7 Å². The summed E-state index contributed by atoms with van der Waals surface area (Å²) >= 11 is -2.00. The number of benzene rings is 2. The minimum absolute atomic E-state index is 0.0916. The number of carbonyl (C=O) groups is 1. The number of anilines is 1. The van der Waals surface area contributed by atoms with Crippen LogP contribution in [0, 0.1) is 3.57 Å². The van der Waals surface area contributed by atoms with Gasteiger partial charge in [-0.1, -0.05) is 0 Å². The van der Waals surface area contributed by atoms with E-state index in [1.807, 2.05) is 19.1 Å². The number of nitrogens with one attached hydrogen (secondary N) is 2. The van der Waals surface area contributed by atoms with E-state index in [1.165, 1.54) is 31.4 Å². The standard InChI is InChI=1S/C23H20F3IN4O2/c1-3-27-17-9-8-14(33-15-10-11-29-20(13-15)21(32)28-2)12-19(17)31-22(27)30-18-7-5-4-6-16(18)23(24,25)26/h4-13H,3H2,1-2H3,(H,28,32)(H,30,31). The van der Waals surface area contributed by atoms with Gasteiger partial charge < -0.3 is 0 Å². The van der Waals surface area contributed by atoms with Gasteiger partial charge in [0.1, 0.15) is 0 Å². The Morgan fingerprint density at radius 3 is 2.64 bits per heavy atom. The number of amides is 1.